The second kappa shape index (κ2) is 5.78. The normalized spacial score (nSPS) is 13.7. The number of phenols is 2. The van der Waals surface area contributed by atoms with Gasteiger partial charge in [0, 0.05) is 11.8 Å². The fraction of sp³-hybridized carbons (Fsp3) is 0.235. The predicted octanol–water partition coefficient (Wildman–Crippen LogP) is 3.57. The Kier molecular flexibility index (Phi) is 4.08. The van der Waals surface area contributed by atoms with Crippen LogP contribution in [0.15, 0.2) is 48.5 Å². The second-order valence-electron chi connectivity index (χ2n) is 5.04. The number of phenolic OH excluding ortho intramolecular Hbond substituents is 2. The molecule has 2 aromatic carbocycles. The van der Waals surface area contributed by atoms with Gasteiger partial charge in [0.1, 0.15) is 17.3 Å². The average Bonchev–Trinajstić information content (AvgIpc) is 2.45. The Morgan fingerprint density at radius 3 is 1.60 bits per heavy atom. The first-order valence-electron chi connectivity index (χ1n) is 6.60. The first-order valence-corrected chi connectivity index (χ1v) is 6.60. The molecule has 2 unspecified atom stereocenters. The van der Waals surface area contributed by atoms with Gasteiger partial charge in [-0.25, -0.2) is 0 Å². The Morgan fingerprint density at radius 2 is 1.25 bits per heavy atom. The molecule has 0 fully saturated rings. The monoisotopic (exact) mass is 270 g/mol. The van der Waals surface area contributed by atoms with E-state index in [0.29, 0.717) is 0 Å². The van der Waals surface area contributed by atoms with E-state index in [1.807, 2.05) is 26.0 Å². The second-order valence-corrected chi connectivity index (χ2v) is 5.04. The molecule has 2 rings (SSSR count). The van der Waals surface area contributed by atoms with Crippen LogP contribution in [0.5, 0.6) is 11.5 Å². The molecule has 0 aliphatic carbocycles. The predicted molar refractivity (Wildman–Crippen MR) is 78.1 cm³/mol. The lowest BCUT2D eigenvalue weighted by Gasteiger charge is -2.17. The summed E-state index contributed by atoms with van der Waals surface area (Å²) in [5.41, 5.74) is 1.59. The molecule has 0 radical (unpaired) electrons. The number of carbonyl (C=O) groups is 1. The van der Waals surface area contributed by atoms with Gasteiger partial charge in [-0.1, -0.05) is 38.1 Å². The van der Waals surface area contributed by atoms with E-state index < -0.39 is 0 Å². The van der Waals surface area contributed by atoms with E-state index in [1.165, 1.54) is 0 Å². The highest BCUT2D eigenvalue weighted by molar-refractivity contribution is 5.91. The van der Waals surface area contributed by atoms with E-state index >= 15 is 0 Å². The van der Waals surface area contributed by atoms with Crippen LogP contribution in [0.25, 0.3) is 0 Å². The van der Waals surface area contributed by atoms with Crippen molar-refractivity contribution in [3.05, 3.63) is 59.7 Å². The molecule has 2 aromatic rings. The highest BCUT2D eigenvalue weighted by Crippen LogP contribution is 2.28. The molecule has 0 saturated carbocycles. The number of carbonyl (C=O) groups excluding carboxylic acids is 1. The highest BCUT2D eigenvalue weighted by Gasteiger charge is 2.23. The van der Waals surface area contributed by atoms with Crippen molar-refractivity contribution in [2.75, 3.05) is 0 Å². The maximum absolute atomic E-state index is 12.5. The Hall–Kier alpha value is -2.29. The summed E-state index contributed by atoms with van der Waals surface area (Å²) >= 11 is 0. The van der Waals surface area contributed by atoms with Crippen molar-refractivity contribution in [1.29, 1.82) is 0 Å². The third-order valence-electron chi connectivity index (χ3n) is 3.59. The van der Waals surface area contributed by atoms with Gasteiger partial charge in [0.05, 0.1) is 0 Å². The minimum absolute atomic E-state index is 0.0567. The first-order chi connectivity index (χ1) is 9.49. The molecule has 0 amide bonds. The molecule has 0 aliphatic rings. The van der Waals surface area contributed by atoms with Gasteiger partial charge >= 0.3 is 0 Å². The van der Waals surface area contributed by atoms with Crippen LogP contribution in [0.3, 0.4) is 0 Å². The molecule has 3 heteroatoms. The molecule has 0 aliphatic heterocycles. The Bertz CT molecular complexity index is 566. The maximum Gasteiger partial charge on any atom is 0.147 e. The maximum atomic E-state index is 12.5. The van der Waals surface area contributed by atoms with Gasteiger partial charge in [0.15, 0.2) is 0 Å². The molecular formula is C17H18O3. The van der Waals surface area contributed by atoms with Crippen LogP contribution in [-0.4, -0.2) is 16.0 Å². The molecule has 0 bridgehead atoms. The fourth-order valence-electron chi connectivity index (χ4n) is 2.29. The van der Waals surface area contributed by atoms with Crippen molar-refractivity contribution in [3.8, 4) is 11.5 Å². The van der Waals surface area contributed by atoms with E-state index in [1.54, 1.807) is 36.4 Å². The van der Waals surface area contributed by atoms with Gasteiger partial charge in [0.25, 0.3) is 0 Å². The summed E-state index contributed by atoms with van der Waals surface area (Å²) in [6, 6.07) is 13.5. The number of rotatable bonds is 4. The molecule has 3 nitrogen and oxygen atoms in total. The Balaban J connectivity index is 2.22. The van der Waals surface area contributed by atoms with Crippen molar-refractivity contribution < 1.29 is 15.0 Å². The van der Waals surface area contributed by atoms with E-state index in [2.05, 4.69) is 0 Å². The summed E-state index contributed by atoms with van der Waals surface area (Å²) in [5.74, 6) is -0.237. The minimum atomic E-state index is -0.306. The smallest absolute Gasteiger partial charge is 0.147 e. The van der Waals surface area contributed by atoms with Gasteiger partial charge in [0.2, 0.25) is 0 Å². The van der Waals surface area contributed by atoms with E-state index in [9.17, 15) is 15.0 Å². The molecule has 0 heterocycles. The van der Waals surface area contributed by atoms with Crippen molar-refractivity contribution in [3.63, 3.8) is 0 Å². The van der Waals surface area contributed by atoms with Gasteiger partial charge < -0.3 is 10.2 Å². The first kappa shape index (κ1) is 14.1. The number of Topliss-reactive ketones (excluding diaryl/α,β-unsaturated/α-hetero) is 1. The zero-order valence-electron chi connectivity index (χ0n) is 11.6. The van der Waals surface area contributed by atoms with Crippen LogP contribution in [0.4, 0.5) is 0 Å². The van der Waals surface area contributed by atoms with Crippen molar-refractivity contribution in [2.45, 2.75) is 25.7 Å². The lowest BCUT2D eigenvalue weighted by Crippen LogP contribution is -2.16. The SMILES string of the molecule is CC(C(=O)C(C)c1cccc(O)c1)c1cccc(O)c1. The van der Waals surface area contributed by atoms with E-state index in [4.69, 9.17) is 0 Å². The molecule has 0 aromatic heterocycles. The zero-order chi connectivity index (χ0) is 14.7. The average molecular weight is 270 g/mol. The van der Waals surface area contributed by atoms with Gasteiger partial charge in [-0.3, -0.25) is 4.79 Å². The summed E-state index contributed by atoms with van der Waals surface area (Å²) in [6.45, 7) is 3.66. The lowest BCUT2D eigenvalue weighted by atomic mass is 9.86. The topological polar surface area (TPSA) is 57.5 Å². The zero-order valence-corrected chi connectivity index (χ0v) is 11.6. The largest absolute Gasteiger partial charge is 0.508 e. The minimum Gasteiger partial charge on any atom is -0.508 e. The van der Waals surface area contributed by atoms with Gasteiger partial charge in [-0.05, 0) is 35.4 Å². The van der Waals surface area contributed by atoms with E-state index in [0.717, 1.165) is 11.1 Å². The van der Waals surface area contributed by atoms with Crippen LogP contribution in [-0.2, 0) is 4.79 Å². The quantitative estimate of drug-likeness (QED) is 0.892. The third kappa shape index (κ3) is 2.99. The van der Waals surface area contributed by atoms with E-state index in [-0.39, 0.29) is 29.1 Å². The van der Waals surface area contributed by atoms with Crippen molar-refractivity contribution in [1.82, 2.24) is 0 Å². The molecule has 20 heavy (non-hydrogen) atoms. The Morgan fingerprint density at radius 1 is 0.850 bits per heavy atom. The van der Waals surface area contributed by atoms with Crippen molar-refractivity contribution >= 4 is 5.78 Å². The molecule has 2 N–H and O–H groups in total. The fourth-order valence-corrected chi connectivity index (χ4v) is 2.29. The Labute approximate surface area is 118 Å². The van der Waals surface area contributed by atoms with Gasteiger partial charge in [-0.2, -0.15) is 0 Å². The lowest BCUT2D eigenvalue weighted by molar-refractivity contribution is -0.121. The van der Waals surface area contributed by atoms with Crippen LogP contribution in [0, 0.1) is 0 Å². The molecule has 104 valence electrons. The summed E-state index contributed by atoms with van der Waals surface area (Å²) in [5, 5.41) is 19.0. The standard InChI is InChI=1S/C17H18O3/c1-11(13-5-3-7-15(18)9-13)17(20)12(2)14-6-4-8-16(19)10-14/h3-12,18-19H,1-2H3. The van der Waals surface area contributed by atoms with Crippen LogP contribution < -0.4 is 0 Å². The summed E-state index contributed by atoms with van der Waals surface area (Å²) < 4.78 is 0. The summed E-state index contributed by atoms with van der Waals surface area (Å²) in [7, 11) is 0. The molecule has 2 atom stereocenters. The molecule has 0 saturated heterocycles. The molecule has 0 spiro atoms. The van der Waals surface area contributed by atoms with Crippen LogP contribution >= 0.6 is 0 Å². The van der Waals surface area contributed by atoms with Crippen molar-refractivity contribution in [2.24, 2.45) is 0 Å². The van der Waals surface area contributed by atoms with Crippen LogP contribution in [0.2, 0.25) is 0 Å². The van der Waals surface area contributed by atoms with Gasteiger partial charge in [-0.15, -0.1) is 0 Å². The van der Waals surface area contributed by atoms with Crippen LogP contribution in [0.1, 0.15) is 36.8 Å². The number of benzene rings is 2. The number of hydrogen-bond acceptors (Lipinski definition) is 3. The summed E-state index contributed by atoms with van der Waals surface area (Å²) in [4.78, 5) is 12.5. The number of hydrogen-bond donors (Lipinski definition) is 2. The number of aromatic hydroxyl groups is 2. The summed E-state index contributed by atoms with van der Waals surface area (Å²) in [6.07, 6.45) is 0. The highest BCUT2D eigenvalue weighted by atomic mass is 16.3. The number of ketones is 1. The third-order valence-corrected chi connectivity index (χ3v) is 3.59. The molecular weight excluding hydrogens is 252 g/mol.